The molecule has 5 heteroatoms. The zero-order valence-electron chi connectivity index (χ0n) is 10.3. The molecule has 0 atom stereocenters. The van der Waals surface area contributed by atoms with Gasteiger partial charge < -0.3 is 10.5 Å². The Morgan fingerprint density at radius 1 is 1.44 bits per heavy atom. The smallest absolute Gasteiger partial charge is 0.0913 e. The van der Waals surface area contributed by atoms with Crippen molar-refractivity contribution in [1.82, 2.24) is 9.78 Å². The second-order valence-electron chi connectivity index (χ2n) is 3.88. The Hall–Kier alpha value is -1.33. The predicted octanol–water partition coefficient (Wildman–Crippen LogP) is 2.93. The van der Waals surface area contributed by atoms with Gasteiger partial charge in [-0.15, -0.1) is 0 Å². The maximum absolute atomic E-state index is 5.99. The van der Waals surface area contributed by atoms with Gasteiger partial charge in [0.1, 0.15) is 0 Å². The molecule has 4 nitrogen and oxygen atoms in total. The van der Waals surface area contributed by atoms with Crippen molar-refractivity contribution in [2.75, 3.05) is 18.9 Å². The first kappa shape index (κ1) is 13.1. The van der Waals surface area contributed by atoms with Crippen molar-refractivity contribution < 1.29 is 4.74 Å². The van der Waals surface area contributed by atoms with Gasteiger partial charge in [0, 0.05) is 16.6 Å². The van der Waals surface area contributed by atoms with Crippen LogP contribution in [0.15, 0.2) is 34.9 Å². The van der Waals surface area contributed by atoms with Crippen LogP contribution in [0.4, 0.5) is 5.69 Å². The van der Waals surface area contributed by atoms with Crippen LogP contribution in [0.25, 0.3) is 11.3 Å². The number of hydrogen-bond acceptors (Lipinski definition) is 3. The van der Waals surface area contributed by atoms with E-state index in [4.69, 9.17) is 10.5 Å². The first-order valence-electron chi connectivity index (χ1n) is 5.87. The third-order valence-electron chi connectivity index (χ3n) is 2.62. The molecule has 0 spiro atoms. The van der Waals surface area contributed by atoms with Gasteiger partial charge in [-0.05, 0) is 19.1 Å². The number of rotatable bonds is 5. The molecule has 0 aliphatic heterocycles. The monoisotopic (exact) mass is 309 g/mol. The standard InChI is InChI=1S/C13H16BrN3O/c1-2-18-7-6-17-13(12(15)9-16-17)10-4-3-5-11(14)8-10/h3-5,8-9H,2,6-7,15H2,1H3. The van der Waals surface area contributed by atoms with Gasteiger partial charge in [-0.25, -0.2) is 0 Å². The summed E-state index contributed by atoms with van der Waals surface area (Å²) in [4.78, 5) is 0. The minimum atomic E-state index is 0.638. The molecular weight excluding hydrogens is 294 g/mol. The van der Waals surface area contributed by atoms with Crippen molar-refractivity contribution in [2.24, 2.45) is 0 Å². The normalized spacial score (nSPS) is 10.8. The minimum Gasteiger partial charge on any atom is -0.396 e. The lowest BCUT2D eigenvalue weighted by molar-refractivity contribution is 0.136. The molecule has 2 rings (SSSR count). The van der Waals surface area contributed by atoms with Crippen LogP contribution in [0.1, 0.15) is 6.92 Å². The highest BCUT2D eigenvalue weighted by molar-refractivity contribution is 9.10. The van der Waals surface area contributed by atoms with Gasteiger partial charge >= 0.3 is 0 Å². The first-order valence-corrected chi connectivity index (χ1v) is 6.66. The van der Waals surface area contributed by atoms with E-state index in [0.717, 1.165) is 15.7 Å². The van der Waals surface area contributed by atoms with E-state index in [2.05, 4.69) is 21.0 Å². The van der Waals surface area contributed by atoms with Crippen molar-refractivity contribution in [3.63, 3.8) is 0 Å². The second-order valence-corrected chi connectivity index (χ2v) is 4.79. The third-order valence-corrected chi connectivity index (χ3v) is 3.11. The highest BCUT2D eigenvalue weighted by Gasteiger charge is 2.10. The van der Waals surface area contributed by atoms with E-state index in [0.29, 0.717) is 25.4 Å². The van der Waals surface area contributed by atoms with Gasteiger partial charge in [-0.1, -0.05) is 28.1 Å². The molecule has 96 valence electrons. The molecule has 1 aromatic carbocycles. The molecule has 0 saturated carbocycles. The Balaban J connectivity index is 2.29. The largest absolute Gasteiger partial charge is 0.396 e. The van der Waals surface area contributed by atoms with Gasteiger partial charge in [0.25, 0.3) is 0 Å². The highest BCUT2D eigenvalue weighted by atomic mass is 79.9. The fourth-order valence-corrected chi connectivity index (χ4v) is 2.22. The van der Waals surface area contributed by atoms with Gasteiger partial charge in [0.2, 0.25) is 0 Å². The topological polar surface area (TPSA) is 53.1 Å². The zero-order valence-corrected chi connectivity index (χ0v) is 11.9. The zero-order chi connectivity index (χ0) is 13.0. The van der Waals surface area contributed by atoms with E-state index in [1.165, 1.54) is 0 Å². The molecule has 0 fully saturated rings. The van der Waals surface area contributed by atoms with Crippen molar-refractivity contribution in [1.29, 1.82) is 0 Å². The fraction of sp³-hybridized carbons (Fsp3) is 0.308. The maximum atomic E-state index is 5.99. The van der Waals surface area contributed by atoms with E-state index in [1.54, 1.807) is 6.20 Å². The summed E-state index contributed by atoms with van der Waals surface area (Å²) in [6.07, 6.45) is 1.68. The number of anilines is 1. The van der Waals surface area contributed by atoms with Gasteiger partial charge in [0.05, 0.1) is 30.7 Å². The summed E-state index contributed by atoms with van der Waals surface area (Å²) in [7, 11) is 0. The summed E-state index contributed by atoms with van der Waals surface area (Å²) in [5.74, 6) is 0. The van der Waals surface area contributed by atoms with E-state index >= 15 is 0 Å². The van der Waals surface area contributed by atoms with Crippen molar-refractivity contribution in [3.05, 3.63) is 34.9 Å². The fourth-order valence-electron chi connectivity index (χ4n) is 1.82. The van der Waals surface area contributed by atoms with Crippen molar-refractivity contribution in [2.45, 2.75) is 13.5 Å². The molecule has 1 aromatic heterocycles. The average Bonchev–Trinajstić information content (AvgIpc) is 2.71. The molecule has 18 heavy (non-hydrogen) atoms. The first-order chi connectivity index (χ1) is 8.72. The Morgan fingerprint density at radius 3 is 3.00 bits per heavy atom. The van der Waals surface area contributed by atoms with E-state index in [-0.39, 0.29) is 0 Å². The van der Waals surface area contributed by atoms with Crippen molar-refractivity contribution >= 4 is 21.6 Å². The van der Waals surface area contributed by atoms with Crippen LogP contribution >= 0.6 is 15.9 Å². The quantitative estimate of drug-likeness (QED) is 0.864. The summed E-state index contributed by atoms with van der Waals surface area (Å²) in [5, 5.41) is 4.29. The molecule has 0 bridgehead atoms. The molecule has 2 aromatic rings. The third kappa shape index (κ3) is 2.91. The molecule has 0 aliphatic carbocycles. The average molecular weight is 310 g/mol. The number of aromatic nitrogens is 2. The van der Waals surface area contributed by atoms with Crippen LogP contribution in [0.2, 0.25) is 0 Å². The summed E-state index contributed by atoms with van der Waals surface area (Å²) >= 11 is 3.47. The number of halogens is 1. The second kappa shape index (κ2) is 6.02. The lowest BCUT2D eigenvalue weighted by Crippen LogP contribution is -2.09. The molecule has 0 amide bonds. The van der Waals surface area contributed by atoms with Crippen LogP contribution in [0.3, 0.4) is 0 Å². The summed E-state index contributed by atoms with van der Waals surface area (Å²) in [6, 6.07) is 8.03. The molecular formula is C13H16BrN3O. The Morgan fingerprint density at radius 2 is 2.28 bits per heavy atom. The van der Waals surface area contributed by atoms with Crippen LogP contribution in [-0.2, 0) is 11.3 Å². The van der Waals surface area contributed by atoms with Crippen LogP contribution in [0, 0.1) is 0 Å². The Bertz CT molecular complexity index is 525. The van der Waals surface area contributed by atoms with E-state index in [1.807, 2.05) is 35.9 Å². The number of ether oxygens (including phenoxy) is 1. The minimum absolute atomic E-state index is 0.638. The maximum Gasteiger partial charge on any atom is 0.0913 e. The molecule has 2 N–H and O–H groups in total. The molecule has 0 aliphatic rings. The molecule has 1 heterocycles. The summed E-state index contributed by atoms with van der Waals surface area (Å²) < 4.78 is 8.26. The summed E-state index contributed by atoms with van der Waals surface area (Å²) in [6.45, 7) is 4.03. The lowest BCUT2D eigenvalue weighted by atomic mass is 10.1. The Labute approximate surface area is 115 Å². The van der Waals surface area contributed by atoms with Crippen LogP contribution in [-0.4, -0.2) is 23.0 Å². The van der Waals surface area contributed by atoms with Crippen LogP contribution in [0.5, 0.6) is 0 Å². The lowest BCUT2D eigenvalue weighted by Gasteiger charge is -2.09. The molecule has 0 radical (unpaired) electrons. The summed E-state index contributed by atoms with van der Waals surface area (Å²) in [5.41, 5.74) is 8.67. The Kier molecular flexibility index (Phi) is 4.38. The van der Waals surface area contributed by atoms with E-state index < -0.39 is 0 Å². The molecule has 0 saturated heterocycles. The molecule has 0 unspecified atom stereocenters. The van der Waals surface area contributed by atoms with Gasteiger partial charge in [-0.2, -0.15) is 5.10 Å². The predicted molar refractivity (Wildman–Crippen MR) is 76.3 cm³/mol. The number of hydrogen-bond donors (Lipinski definition) is 1. The number of nitrogens with two attached hydrogens (primary N) is 1. The SMILES string of the molecule is CCOCCn1ncc(N)c1-c1cccc(Br)c1. The van der Waals surface area contributed by atoms with Gasteiger partial charge in [0.15, 0.2) is 0 Å². The van der Waals surface area contributed by atoms with Crippen molar-refractivity contribution in [3.8, 4) is 11.3 Å². The van der Waals surface area contributed by atoms with Crippen LogP contribution < -0.4 is 5.73 Å². The van der Waals surface area contributed by atoms with E-state index in [9.17, 15) is 0 Å². The van der Waals surface area contributed by atoms with Gasteiger partial charge in [-0.3, -0.25) is 4.68 Å². The number of nitrogens with zero attached hydrogens (tertiary/aromatic N) is 2. The number of benzene rings is 1. The highest BCUT2D eigenvalue weighted by Crippen LogP contribution is 2.27. The number of nitrogen functional groups attached to an aromatic ring is 1.